The Morgan fingerprint density at radius 3 is 2.15 bits per heavy atom. The lowest BCUT2D eigenvalue weighted by Crippen LogP contribution is -2.29. The number of alkyl halides is 1. The third-order valence-electron chi connectivity index (χ3n) is 2.31. The molecule has 72 valence electrons. The van der Waals surface area contributed by atoms with Crippen LogP contribution >= 0.6 is 0 Å². The molecule has 0 heterocycles. The molecule has 13 heavy (non-hydrogen) atoms. The Hall–Kier alpha value is -1.06. The average Bonchev–Trinajstić information content (AvgIpc) is 2.09. The first-order chi connectivity index (χ1) is 5.80. The number of hydrogen-bond acceptors (Lipinski definition) is 1. The van der Waals surface area contributed by atoms with E-state index in [1.807, 2.05) is 0 Å². The van der Waals surface area contributed by atoms with Gasteiger partial charge in [0.25, 0.3) is 0 Å². The zero-order valence-corrected chi connectivity index (χ0v) is 7.54. The van der Waals surface area contributed by atoms with Crippen LogP contribution in [0.2, 0.25) is 0 Å². The smallest absolute Gasteiger partial charge is 0.219 e. The molecule has 1 aliphatic rings. The Labute approximate surface area is 73.9 Å². The molecule has 0 amide bonds. The predicted molar refractivity (Wildman–Crippen MR) is 42.1 cm³/mol. The van der Waals surface area contributed by atoms with Crippen molar-refractivity contribution in [2.75, 3.05) is 0 Å². The van der Waals surface area contributed by atoms with E-state index < -0.39 is 34.3 Å². The van der Waals surface area contributed by atoms with Gasteiger partial charge in [-0.25, -0.2) is 13.2 Å². The van der Waals surface area contributed by atoms with Gasteiger partial charge >= 0.3 is 0 Å². The maximum atomic E-state index is 13.4. The number of allylic oxidation sites excluding steroid dienone is 4. The molecule has 1 nitrogen and oxygen atoms in total. The summed E-state index contributed by atoms with van der Waals surface area (Å²) < 4.78 is 39.5. The van der Waals surface area contributed by atoms with Crippen molar-refractivity contribution < 1.29 is 18.0 Å². The second-order valence-corrected chi connectivity index (χ2v) is 3.21. The molecule has 0 radical (unpaired) electrons. The van der Waals surface area contributed by atoms with E-state index in [0.717, 1.165) is 20.8 Å². The monoisotopic (exact) mass is 190 g/mol. The van der Waals surface area contributed by atoms with E-state index in [-0.39, 0.29) is 0 Å². The largest absolute Gasteiger partial charge is 0.286 e. The summed E-state index contributed by atoms with van der Waals surface area (Å²) in [6.07, 6.45) is 0. The van der Waals surface area contributed by atoms with Crippen molar-refractivity contribution in [3.8, 4) is 0 Å². The molecule has 0 spiro atoms. The van der Waals surface area contributed by atoms with Crippen molar-refractivity contribution in [1.29, 1.82) is 0 Å². The van der Waals surface area contributed by atoms with Gasteiger partial charge in [0.2, 0.25) is 5.78 Å². The SMILES string of the molecule is CC1=C(F)C(C)(F)C(C)=C(F)C1=O. The third-order valence-corrected chi connectivity index (χ3v) is 2.31. The molecule has 0 fully saturated rings. The minimum absolute atomic E-state index is 0.492. The minimum atomic E-state index is -2.48. The van der Waals surface area contributed by atoms with Crippen LogP contribution in [-0.2, 0) is 4.79 Å². The van der Waals surface area contributed by atoms with Crippen LogP contribution in [0.5, 0.6) is 0 Å². The lowest BCUT2D eigenvalue weighted by molar-refractivity contribution is -0.114. The molecule has 0 aliphatic heterocycles. The molecule has 0 aromatic carbocycles. The molecule has 0 saturated heterocycles. The summed E-state index contributed by atoms with van der Waals surface area (Å²) in [7, 11) is 0. The highest BCUT2D eigenvalue weighted by Gasteiger charge is 2.42. The van der Waals surface area contributed by atoms with Crippen molar-refractivity contribution >= 4 is 5.78 Å². The van der Waals surface area contributed by atoms with Crippen LogP contribution in [0.4, 0.5) is 13.2 Å². The lowest BCUT2D eigenvalue weighted by Gasteiger charge is -2.25. The number of Topliss-reactive ketones (excluding diaryl/α,β-unsaturated/α-hetero) is 1. The molecule has 1 atom stereocenters. The highest BCUT2D eigenvalue weighted by molar-refractivity contribution is 6.08. The standard InChI is InChI=1S/C9H9F3O/c1-4-7(13)6(10)5(2)9(3,12)8(4)11/h1-3H3. The zero-order chi connectivity index (χ0) is 10.4. The fraction of sp³-hybridized carbons (Fsp3) is 0.444. The summed E-state index contributed by atoms with van der Waals surface area (Å²) in [6, 6.07) is 0. The Kier molecular flexibility index (Phi) is 2.10. The molecule has 1 unspecified atom stereocenters. The van der Waals surface area contributed by atoms with Crippen LogP contribution in [0.15, 0.2) is 22.8 Å². The summed E-state index contributed by atoms with van der Waals surface area (Å²) in [5.41, 5.74) is -3.48. The molecule has 4 heteroatoms. The van der Waals surface area contributed by atoms with Gasteiger partial charge in [-0.05, 0) is 20.8 Å². The van der Waals surface area contributed by atoms with E-state index in [4.69, 9.17) is 0 Å². The van der Waals surface area contributed by atoms with Crippen LogP contribution in [-0.4, -0.2) is 11.5 Å². The van der Waals surface area contributed by atoms with Crippen molar-refractivity contribution in [2.24, 2.45) is 0 Å². The van der Waals surface area contributed by atoms with Gasteiger partial charge in [-0.3, -0.25) is 4.79 Å². The van der Waals surface area contributed by atoms with Crippen molar-refractivity contribution in [2.45, 2.75) is 26.4 Å². The number of carbonyl (C=O) groups excluding carboxylic acids is 1. The molecular weight excluding hydrogens is 181 g/mol. The van der Waals surface area contributed by atoms with Gasteiger partial charge in [0, 0.05) is 11.1 Å². The molecule has 0 N–H and O–H groups in total. The Balaban J connectivity index is 3.39. The fourth-order valence-electron chi connectivity index (χ4n) is 1.16. The molecule has 0 bridgehead atoms. The summed E-state index contributed by atoms with van der Waals surface area (Å²) in [6.45, 7) is 3.04. The van der Waals surface area contributed by atoms with Crippen molar-refractivity contribution in [1.82, 2.24) is 0 Å². The third kappa shape index (κ3) is 1.20. The van der Waals surface area contributed by atoms with Crippen LogP contribution in [0.25, 0.3) is 0 Å². The van der Waals surface area contributed by atoms with E-state index in [1.54, 1.807) is 0 Å². The Bertz CT molecular complexity index is 307. The molecule has 0 aromatic rings. The maximum Gasteiger partial charge on any atom is 0.219 e. The molecule has 1 rings (SSSR count). The summed E-state index contributed by atoms with van der Waals surface area (Å²) in [4.78, 5) is 10.9. The second-order valence-electron chi connectivity index (χ2n) is 3.21. The zero-order valence-electron chi connectivity index (χ0n) is 7.54. The van der Waals surface area contributed by atoms with Gasteiger partial charge in [-0.15, -0.1) is 0 Å². The highest BCUT2D eigenvalue weighted by atomic mass is 19.2. The summed E-state index contributed by atoms with van der Waals surface area (Å²) in [5.74, 6) is -3.45. The van der Waals surface area contributed by atoms with E-state index in [0.29, 0.717) is 0 Å². The van der Waals surface area contributed by atoms with Crippen LogP contribution < -0.4 is 0 Å². The van der Waals surface area contributed by atoms with Gasteiger partial charge < -0.3 is 0 Å². The lowest BCUT2D eigenvalue weighted by atomic mass is 9.87. The van der Waals surface area contributed by atoms with Gasteiger partial charge in [0.15, 0.2) is 11.5 Å². The topological polar surface area (TPSA) is 17.1 Å². The molecule has 0 saturated carbocycles. The number of carbonyl (C=O) groups is 1. The van der Waals surface area contributed by atoms with Crippen molar-refractivity contribution in [3.05, 3.63) is 22.8 Å². The number of ketones is 1. The second kappa shape index (κ2) is 2.72. The molecule has 0 aromatic heterocycles. The summed E-state index contributed by atoms with van der Waals surface area (Å²) in [5, 5.41) is 0. The number of rotatable bonds is 0. The predicted octanol–water partition coefficient (Wildman–Crippen LogP) is 2.78. The van der Waals surface area contributed by atoms with Gasteiger partial charge in [0.1, 0.15) is 5.83 Å². The number of hydrogen-bond donors (Lipinski definition) is 0. The molecule has 1 aliphatic carbocycles. The van der Waals surface area contributed by atoms with E-state index >= 15 is 0 Å². The van der Waals surface area contributed by atoms with Crippen LogP contribution in [0.3, 0.4) is 0 Å². The number of halogens is 3. The quantitative estimate of drug-likeness (QED) is 0.574. The van der Waals surface area contributed by atoms with Gasteiger partial charge in [-0.1, -0.05) is 0 Å². The highest BCUT2D eigenvalue weighted by Crippen LogP contribution is 2.39. The van der Waals surface area contributed by atoms with Gasteiger partial charge in [-0.2, -0.15) is 0 Å². The average molecular weight is 190 g/mol. The van der Waals surface area contributed by atoms with Gasteiger partial charge in [0.05, 0.1) is 0 Å². The fourth-order valence-corrected chi connectivity index (χ4v) is 1.16. The van der Waals surface area contributed by atoms with E-state index in [1.165, 1.54) is 0 Å². The maximum absolute atomic E-state index is 13.4. The Morgan fingerprint density at radius 2 is 1.69 bits per heavy atom. The van der Waals surface area contributed by atoms with E-state index in [9.17, 15) is 18.0 Å². The first-order valence-electron chi connectivity index (χ1n) is 3.77. The van der Waals surface area contributed by atoms with Crippen molar-refractivity contribution in [3.63, 3.8) is 0 Å². The first kappa shape index (κ1) is 10.0. The van der Waals surface area contributed by atoms with Crippen LogP contribution in [0, 0.1) is 0 Å². The first-order valence-corrected chi connectivity index (χ1v) is 3.77. The minimum Gasteiger partial charge on any atom is -0.286 e. The normalized spacial score (nSPS) is 30.2. The molecular formula is C9H9F3O. The Morgan fingerprint density at radius 1 is 1.23 bits per heavy atom. The summed E-state index contributed by atoms with van der Waals surface area (Å²) >= 11 is 0. The van der Waals surface area contributed by atoms with E-state index in [2.05, 4.69) is 0 Å². The van der Waals surface area contributed by atoms with Crippen LogP contribution in [0.1, 0.15) is 20.8 Å².